The van der Waals surface area contributed by atoms with Crippen LogP contribution in [0.25, 0.3) is 10.1 Å². The SMILES string of the molecule is COc1ccc2c(NC(=O)O)csc2c1. The van der Waals surface area contributed by atoms with Gasteiger partial charge < -0.3 is 9.84 Å². The van der Waals surface area contributed by atoms with Gasteiger partial charge in [0.1, 0.15) is 5.75 Å². The van der Waals surface area contributed by atoms with Crippen molar-refractivity contribution >= 4 is 33.2 Å². The van der Waals surface area contributed by atoms with Gasteiger partial charge in [-0.2, -0.15) is 0 Å². The third kappa shape index (κ3) is 1.87. The first-order valence-corrected chi connectivity index (χ1v) is 5.14. The van der Waals surface area contributed by atoms with Gasteiger partial charge in [-0.1, -0.05) is 0 Å². The molecule has 2 N–H and O–H groups in total. The molecule has 0 aliphatic carbocycles. The second kappa shape index (κ2) is 3.78. The Kier molecular flexibility index (Phi) is 2.47. The Balaban J connectivity index is 2.47. The summed E-state index contributed by atoms with van der Waals surface area (Å²) in [5.41, 5.74) is 0.616. The summed E-state index contributed by atoms with van der Waals surface area (Å²) < 4.78 is 6.08. The summed E-state index contributed by atoms with van der Waals surface area (Å²) in [5, 5.41) is 13.6. The van der Waals surface area contributed by atoms with Gasteiger partial charge in [-0.15, -0.1) is 11.3 Å². The predicted octanol–water partition coefficient (Wildman–Crippen LogP) is 3.00. The van der Waals surface area contributed by atoms with Crippen LogP contribution >= 0.6 is 11.3 Å². The van der Waals surface area contributed by atoms with Crippen molar-refractivity contribution in [2.24, 2.45) is 0 Å². The average Bonchev–Trinajstić information content (AvgIpc) is 2.60. The maximum absolute atomic E-state index is 10.5. The van der Waals surface area contributed by atoms with Gasteiger partial charge in [-0.05, 0) is 18.2 Å². The lowest BCUT2D eigenvalue weighted by Crippen LogP contribution is -2.06. The minimum Gasteiger partial charge on any atom is -0.497 e. The van der Waals surface area contributed by atoms with Crippen molar-refractivity contribution in [2.45, 2.75) is 0 Å². The molecule has 1 heterocycles. The summed E-state index contributed by atoms with van der Waals surface area (Å²) >= 11 is 1.48. The number of carbonyl (C=O) groups is 1. The number of carboxylic acid groups (broad SMARTS) is 1. The van der Waals surface area contributed by atoms with Gasteiger partial charge in [0.25, 0.3) is 0 Å². The van der Waals surface area contributed by atoms with Gasteiger partial charge >= 0.3 is 6.09 Å². The summed E-state index contributed by atoms with van der Waals surface area (Å²) in [6.07, 6.45) is -1.05. The van der Waals surface area contributed by atoms with E-state index in [1.54, 1.807) is 12.5 Å². The van der Waals surface area contributed by atoms with Crippen LogP contribution in [-0.4, -0.2) is 18.3 Å². The van der Waals surface area contributed by atoms with Gasteiger partial charge in [-0.25, -0.2) is 4.79 Å². The number of ether oxygens (including phenoxy) is 1. The van der Waals surface area contributed by atoms with Crippen molar-refractivity contribution < 1.29 is 14.6 Å². The Morgan fingerprint density at radius 2 is 2.33 bits per heavy atom. The van der Waals surface area contributed by atoms with E-state index in [0.29, 0.717) is 5.69 Å². The summed E-state index contributed by atoms with van der Waals surface area (Å²) in [6, 6.07) is 5.53. The lowest BCUT2D eigenvalue weighted by atomic mass is 10.2. The number of methoxy groups -OCH3 is 1. The number of hydrogen-bond acceptors (Lipinski definition) is 3. The molecule has 5 heteroatoms. The third-order valence-corrected chi connectivity index (χ3v) is 2.97. The Morgan fingerprint density at radius 3 is 3.00 bits per heavy atom. The highest BCUT2D eigenvalue weighted by Gasteiger charge is 2.06. The Hall–Kier alpha value is -1.75. The summed E-state index contributed by atoms with van der Waals surface area (Å²) in [4.78, 5) is 10.5. The molecule has 0 aliphatic heterocycles. The van der Waals surface area contributed by atoms with Crippen LogP contribution in [-0.2, 0) is 0 Å². The quantitative estimate of drug-likeness (QED) is 0.822. The molecule has 0 saturated carbocycles. The van der Waals surface area contributed by atoms with E-state index in [-0.39, 0.29) is 0 Å². The predicted molar refractivity (Wildman–Crippen MR) is 60.0 cm³/mol. The van der Waals surface area contributed by atoms with E-state index in [4.69, 9.17) is 9.84 Å². The van der Waals surface area contributed by atoms with Crippen molar-refractivity contribution in [1.29, 1.82) is 0 Å². The van der Waals surface area contributed by atoms with E-state index in [9.17, 15) is 4.79 Å². The van der Waals surface area contributed by atoms with Crippen LogP contribution in [0.3, 0.4) is 0 Å². The highest BCUT2D eigenvalue weighted by molar-refractivity contribution is 7.17. The first-order valence-electron chi connectivity index (χ1n) is 4.26. The van der Waals surface area contributed by atoms with E-state index < -0.39 is 6.09 Å². The molecule has 0 radical (unpaired) electrons. The minimum atomic E-state index is -1.05. The topological polar surface area (TPSA) is 58.6 Å². The van der Waals surface area contributed by atoms with Crippen LogP contribution in [0, 0.1) is 0 Å². The fraction of sp³-hybridized carbons (Fsp3) is 0.100. The lowest BCUT2D eigenvalue weighted by molar-refractivity contribution is 0.210. The molecular weight excluding hydrogens is 214 g/mol. The van der Waals surface area contributed by atoms with Gasteiger partial charge in [0, 0.05) is 15.5 Å². The van der Waals surface area contributed by atoms with Crippen LogP contribution in [0.1, 0.15) is 0 Å². The first-order chi connectivity index (χ1) is 7.20. The maximum Gasteiger partial charge on any atom is 0.409 e. The lowest BCUT2D eigenvalue weighted by Gasteiger charge is -2.00. The number of thiophene rings is 1. The molecule has 0 aliphatic rings. The third-order valence-electron chi connectivity index (χ3n) is 2.02. The van der Waals surface area contributed by atoms with Crippen LogP contribution in [0.15, 0.2) is 23.6 Å². The molecule has 0 saturated heterocycles. The largest absolute Gasteiger partial charge is 0.497 e. The standard InChI is InChI=1S/C10H9NO3S/c1-14-6-2-3-7-8(11-10(12)13)5-15-9(7)4-6/h2-5,11H,1H3,(H,12,13). The van der Waals surface area contributed by atoms with Crippen molar-refractivity contribution in [3.63, 3.8) is 0 Å². The molecule has 0 unspecified atom stereocenters. The number of benzene rings is 1. The molecule has 1 aromatic carbocycles. The fourth-order valence-corrected chi connectivity index (χ4v) is 2.27. The number of fused-ring (bicyclic) bond motifs is 1. The zero-order valence-corrected chi connectivity index (χ0v) is 8.80. The Morgan fingerprint density at radius 1 is 1.53 bits per heavy atom. The molecule has 78 valence electrons. The zero-order chi connectivity index (χ0) is 10.8. The highest BCUT2D eigenvalue weighted by Crippen LogP contribution is 2.32. The van der Waals surface area contributed by atoms with Crippen molar-refractivity contribution in [1.82, 2.24) is 0 Å². The van der Waals surface area contributed by atoms with E-state index in [1.807, 2.05) is 18.2 Å². The summed E-state index contributed by atoms with van der Waals surface area (Å²) in [7, 11) is 1.60. The number of nitrogens with one attached hydrogen (secondary N) is 1. The maximum atomic E-state index is 10.5. The molecule has 4 nitrogen and oxygen atoms in total. The van der Waals surface area contributed by atoms with Crippen LogP contribution in [0.2, 0.25) is 0 Å². The number of hydrogen-bond donors (Lipinski definition) is 2. The Labute approximate surface area is 90.1 Å². The molecule has 2 rings (SSSR count). The first kappa shape index (κ1) is 9.79. The van der Waals surface area contributed by atoms with Crippen LogP contribution in [0.5, 0.6) is 5.75 Å². The zero-order valence-electron chi connectivity index (χ0n) is 7.98. The monoisotopic (exact) mass is 223 g/mol. The van der Waals surface area contributed by atoms with E-state index >= 15 is 0 Å². The van der Waals surface area contributed by atoms with Gasteiger partial charge in [-0.3, -0.25) is 5.32 Å². The smallest absolute Gasteiger partial charge is 0.409 e. The van der Waals surface area contributed by atoms with Crippen LogP contribution in [0.4, 0.5) is 10.5 Å². The van der Waals surface area contributed by atoms with Gasteiger partial charge in [0.05, 0.1) is 12.8 Å². The minimum absolute atomic E-state index is 0.616. The number of amides is 1. The second-order valence-corrected chi connectivity index (χ2v) is 3.85. The highest BCUT2D eigenvalue weighted by atomic mass is 32.1. The second-order valence-electron chi connectivity index (χ2n) is 2.94. The van der Waals surface area contributed by atoms with Crippen molar-refractivity contribution in [3.8, 4) is 5.75 Å². The molecule has 0 fully saturated rings. The van der Waals surface area contributed by atoms with E-state index in [1.165, 1.54) is 11.3 Å². The van der Waals surface area contributed by atoms with Crippen molar-refractivity contribution in [2.75, 3.05) is 12.4 Å². The molecule has 1 amide bonds. The average molecular weight is 223 g/mol. The van der Waals surface area contributed by atoms with E-state index in [2.05, 4.69) is 5.32 Å². The van der Waals surface area contributed by atoms with E-state index in [0.717, 1.165) is 15.8 Å². The number of rotatable bonds is 2. The van der Waals surface area contributed by atoms with Crippen molar-refractivity contribution in [3.05, 3.63) is 23.6 Å². The molecular formula is C10H9NO3S. The number of anilines is 1. The summed E-state index contributed by atoms with van der Waals surface area (Å²) in [5.74, 6) is 0.770. The van der Waals surface area contributed by atoms with Gasteiger partial charge in [0.15, 0.2) is 0 Å². The molecule has 15 heavy (non-hydrogen) atoms. The summed E-state index contributed by atoms with van der Waals surface area (Å²) in [6.45, 7) is 0. The molecule has 0 spiro atoms. The van der Waals surface area contributed by atoms with Crippen LogP contribution < -0.4 is 10.1 Å². The Bertz CT molecular complexity index is 506. The molecule has 0 bridgehead atoms. The fourth-order valence-electron chi connectivity index (χ4n) is 1.35. The normalized spacial score (nSPS) is 10.2. The molecule has 1 aromatic heterocycles. The van der Waals surface area contributed by atoms with Gasteiger partial charge in [0.2, 0.25) is 0 Å². The molecule has 2 aromatic rings. The molecule has 0 atom stereocenters.